The Morgan fingerprint density at radius 2 is 2.38 bits per heavy atom. The molecule has 0 saturated carbocycles. The zero-order chi connectivity index (χ0) is 6.20. The Labute approximate surface area is 45.9 Å². The fraction of sp³-hybridized carbons (Fsp3) is 0.333. The largest absolute Gasteiger partial charge is 0.293 e. The summed E-state index contributed by atoms with van der Waals surface area (Å²) in [5, 5.41) is 0.465. The lowest BCUT2D eigenvalue weighted by atomic mass is 10.7. The molecule has 1 heterocycles. The zero-order valence-corrected chi connectivity index (χ0v) is 4.61. The molecule has 0 N–H and O–H groups in total. The molecule has 0 fully saturated rings. The molecule has 0 unspecified atom stereocenters. The van der Waals surface area contributed by atoms with Crippen LogP contribution in [0.2, 0.25) is 0 Å². The second-order valence-corrected chi connectivity index (χ2v) is 2.78. The number of halogens is 1. The maximum absolute atomic E-state index is 11.8. The van der Waals surface area contributed by atoms with Gasteiger partial charge >= 0.3 is 0 Å². The molecule has 1 rings (SSSR count). The molecular formula is C3H3FO3S. The van der Waals surface area contributed by atoms with Crippen molar-refractivity contribution in [3.63, 3.8) is 0 Å². The molecule has 5 heteroatoms. The third-order valence-electron chi connectivity index (χ3n) is 0.633. The molecule has 0 aliphatic carbocycles. The van der Waals surface area contributed by atoms with Crippen molar-refractivity contribution in [2.75, 3.05) is 6.61 Å². The predicted octanol–water partition coefficient (Wildman–Crippen LogP) is 0.157. The van der Waals surface area contributed by atoms with Gasteiger partial charge in [0.15, 0.2) is 0 Å². The molecular weight excluding hydrogens is 135 g/mol. The molecule has 0 aromatic carbocycles. The summed E-state index contributed by atoms with van der Waals surface area (Å²) in [5.41, 5.74) is 0. The smallest absolute Gasteiger partial charge is 0.259 e. The van der Waals surface area contributed by atoms with Crippen LogP contribution in [0.3, 0.4) is 0 Å². The molecule has 0 spiro atoms. The molecule has 1 aliphatic rings. The monoisotopic (exact) mass is 138 g/mol. The van der Waals surface area contributed by atoms with Crippen LogP contribution in [0.5, 0.6) is 0 Å². The summed E-state index contributed by atoms with van der Waals surface area (Å²) in [4.78, 5) is 0. The molecule has 0 amide bonds. The Hall–Kier alpha value is -0.420. The van der Waals surface area contributed by atoms with Crippen LogP contribution in [0.15, 0.2) is 11.2 Å². The molecule has 0 saturated heterocycles. The van der Waals surface area contributed by atoms with Crippen LogP contribution < -0.4 is 0 Å². The first-order valence-electron chi connectivity index (χ1n) is 1.86. The van der Waals surface area contributed by atoms with E-state index in [4.69, 9.17) is 0 Å². The molecule has 3 nitrogen and oxygen atoms in total. The highest BCUT2D eigenvalue weighted by atomic mass is 32.2. The van der Waals surface area contributed by atoms with Crippen molar-refractivity contribution >= 4 is 10.1 Å². The van der Waals surface area contributed by atoms with E-state index >= 15 is 0 Å². The predicted molar refractivity (Wildman–Crippen MR) is 24.1 cm³/mol. The first-order chi connectivity index (χ1) is 3.60. The number of hydrogen-bond donors (Lipinski definition) is 0. The number of rotatable bonds is 0. The third-order valence-corrected chi connectivity index (χ3v) is 1.62. The van der Waals surface area contributed by atoms with Gasteiger partial charge in [-0.25, -0.2) is 4.39 Å². The topological polar surface area (TPSA) is 43.4 Å². The van der Waals surface area contributed by atoms with E-state index in [0.717, 1.165) is 0 Å². The van der Waals surface area contributed by atoms with E-state index in [1.54, 1.807) is 0 Å². The summed E-state index contributed by atoms with van der Waals surface area (Å²) in [6.45, 7) is -0.442. The van der Waals surface area contributed by atoms with Gasteiger partial charge in [0.05, 0.1) is 5.41 Å². The second kappa shape index (κ2) is 1.53. The van der Waals surface area contributed by atoms with Crippen molar-refractivity contribution in [2.45, 2.75) is 0 Å². The summed E-state index contributed by atoms with van der Waals surface area (Å²) >= 11 is 0. The molecule has 46 valence electrons. The Bertz CT molecular complexity index is 215. The van der Waals surface area contributed by atoms with Crippen LogP contribution in [0, 0.1) is 0 Å². The Kier molecular flexibility index (Phi) is 1.09. The van der Waals surface area contributed by atoms with Gasteiger partial charge in [-0.15, -0.1) is 0 Å². The van der Waals surface area contributed by atoms with E-state index in [0.29, 0.717) is 5.41 Å². The van der Waals surface area contributed by atoms with E-state index in [1.807, 2.05) is 0 Å². The summed E-state index contributed by atoms with van der Waals surface area (Å²) in [5.74, 6) is -0.745. The summed E-state index contributed by atoms with van der Waals surface area (Å²) in [7, 11) is -3.63. The van der Waals surface area contributed by atoms with Crippen LogP contribution in [-0.2, 0) is 14.3 Å². The van der Waals surface area contributed by atoms with Gasteiger partial charge < -0.3 is 0 Å². The van der Waals surface area contributed by atoms with Gasteiger partial charge in [-0.3, -0.25) is 4.18 Å². The Morgan fingerprint density at radius 1 is 1.75 bits per heavy atom. The van der Waals surface area contributed by atoms with Crippen LogP contribution in [-0.4, -0.2) is 15.0 Å². The standard InChI is InChI=1S/C3H3FO3S/c4-3-1-7-8(5,6)2-3/h2H,1H2. The highest BCUT2D eigenvalue weighted by Crippen LogP contribution is 2.12. The van der Waals surface area contributed by atoms with Crippen molar-refractivity contribution in [3.8, 4) is 0 Å². The van der Waals surface area contributed by atoms with Crippen LogP contribution >= 0.6 is 0 Å². The van der Waals surface area contributed by atoms with Gasteiger partial charge in [0.2, 0.25) is 0 Å². The molecule has 1 aliphatic heterocycles. The fourth-order valence-corrected chi connectivity index (χ4v) is 1.09. The molecule has 0 radical (unpaired) electrons. The van der Waals surface area contributed by atoms with Gasteiger partial charge in [0.1, 0.15) is 12.4 Å². The van der Waals surface area contributed by atoms with E-state index in [1.165, 1.54) is 0 Å². The molecule has 0 atom stereocenters. The van der Waals surface area contributed by atoms with Crippen LogP contribution in [0.4, 0.5) is 4.39 Å². The van der Waals surface area contributed by atoms with Gasteiger partial charge in [-0.2, -0.15) is 8.42 Å². The van der Waals surface area contributed by atoms with E-state index in [9.17, 15) is 12.8 Å². The van der Waals surface area contributed by atoms with Gasteiger partial charge in [-0.05, 0) is 0 Å². The average Bonchev–Trinajstić information content (AvgIpc) is 1.82. The van der Waals surface area contributed by atoms with Crippen molar-refractivity contribution in [1.82, 2.24) is 0 Å². The maximum Gasteiger partial charge on any atom is 0.293 e. The second-order valence-electron chi connectivity index (χ2n) is 1.32. The van der Waals surface area contributed by atoms with Crippen molar-refractivity contribution in [1.29, 1.82) is 0 Å². The summed E-state index contributed by atoms with van der Waals surface area (Å²) in [6.07, 6.45) is 0. The first kappa shape index (κ1) is 5.71. The van der Waals surface area contributed by atoms with E-state index < -0.39 is 22.6 Å². The normalized spacial score (nSPS) is 25.4. The van der Waals surface area contributed by atoms with Crippen molar-refractivity contribution in [2.24, 2.45) is 0 Å². The lowest BCUT2D eigenvalue weighted by molar-refractivity contribution is 0.342. The minimum Gasteiger partial charge on any atom is -0.259 e. The summed E-state index contributed by atoms with van der Waals surface area (Å²) in [6, 6.07) is 0. The highest BCUT2D eigenvalue weighted by molar-refractivity contribution is 7.89. The molecule has 0 bridgehead atoms. The highest BCUT2D eigenvalue weighted by Gasteiger charge is 2.17. The third kappa shape index (κ3) is 1.05. The molecule has 0 aromatic rings. The Balaban J connectivity index is 3.00. The lowest BCUT2D eigenvalue weighted by Crippen LogP contribution is -1.92. The zero-order valence-electron chi connectivity index (χ0n) is 3.80. The van der Waals surface area contributed by atoms with Crippen molar-refractivity contribution < 1.29 is 17.0 Å². The maximum atomic E-state index is 11.8. The fourth-order valence-electron chi connectivity index (χ4n) is 0.363. The van der Waals surface area contributed by atoms with Crippen LogP contribution in [0.25, 0.3) is 0 Å². The SMILES string of the molecule is O=S1(=O)C=C(F)CO1. The first-order valence-corrected chi connectivity index (χ1v) is 3.33. The number of hydrogen-bond acceptors (Lipinski definition) is 3. The van der Waals surface area contributed by atoms with Gasteiger partial charge in [-0.1, -0.05) is 0 Å². The summed E-state index contributed by atoms with van der Waals surface area (Å²) < 4.78 is 35.9. The van der Waals surface area contributed by atoms with Gasteiger partial charge in [0.25, 0.3) is 10.1 Å². The molecule has 8 heavy (non-hydrogen) atoms. The van der Waals surface area contributed by atoms with Crippen LogP contribution in [0.1, 0.15) is 0 Å². The molecule has 0 aromatic heterocycles. The van der Waals surface area contributed by atoms with Gasteiger partial charge in [0, 0.05) is 0 Å². The van der Waals surface area contributed by atoms with E-state index in [-0.39, 0.29) is 0 Å². The Morgan fingerprint density at radius 3 is 2.50 bits per heavy atom. The minimum atomic E-state index is -3.63. The average molecular weight is 138 g/mol. The quantitative estimate of drug-likeness (QED) is 0.448. The van der Waals surface area contributed by atoms with Crippen molar-refractivity contribution in [3.05, 3.63) is 11.2 Å². The lowest BCUT2D eigenvalue weighted by Gasteiger charge is -1.83. The minimum absolute atomic E-state index is 0.442. The van der Waals surface area contributed by atoms with E-state index in [2.05, 4.69) is 4.18 Å².